The zero-order valence-electron chi connectivity index (χ0n) is 16.1. The number of nitrogens with zero attached hydrogens (tertiary/aromatic N) is 3. The molecule has 1 atom stereocenters. The number of amides is 2. The van der Waals surface area contributed by atoms with Gasteiger partial charge in [0.25, 0.3) is 5.91 Å². The average molecular weight is 409 g/mol. The lowest BCUT2D eigenvalue weighted by Crippen LogP contribution is -2.43. The van der Waals surface area contributed by atoms with Crippen molar-refractivity contribution >= 4 is 29.1 Å². The van der Waals surface area contributed by atoms with Gasteiger partial charge in [-0.15, -0.1) is 0 Å². The van der Waals surface area contributed by atoms with E-state index in [2.05, 4.69) is 11.5 Å². The minimum absolute atomic E-state index is 0.0705. The number of fused-ring (bicyclic) bond motifs is 1. The molecule has 1 N–H and O–H groups in total. The molecule has 2 amide bonds. The van der Waals surface area contributed by atoms with E-state index in [1.807, 2.05) is 30.3 Å². The van der Waals surface area contributed by atoms with Crippen LogP contribution in [0.1, 0.15) is 28.8 Å². The number of halogens is 1. The molecule has 1 saturated heterocycles. The summed E-state index contributed by atoms with van der Waals surface area (Å²) in [5.74, 6) is -0.277. The Morgan fingerprint density at radius 3 is 2.66 bits per heavy atom. The number of likely N-dealkylation sites (tertiary alicyclic amines) is 1. The summed E-state index contributed by atoms with van der Waals surface area (Å²) in [4.78, 5) is 28.9. The molecule has 0 bridgehead atoms. The van der Waals surface area contributed by atoms with Crippen LogP contribution in [0.5, 0.6) is 0 Å². The van der Waals surface area contributed by atoms with Gasteiger partial charge in [0.05, 0.1) is 0 Å². The zero-order valence-corrected chi connectivity index (χ0v) is 16.9. The van der Waals surface area contributed by atoms with E-state index in [4.69, 9.17) is 11.6 Å². The summed E-state index contributed by atoms with van der Waals surface area (Å²) in [5.41, 5.74) is 4.17. The maximum absolute atomic E-state index is 13.2. The van der Waals surface area contributed by atoms with Crippen LogP contribution in [0.15, 0.2) is 36.4 Å². The van der Waals surface area contributed by atoms with Crippen LogP contribution in [0.25, 0.3) is 11.1 Å². The summed E-state index contributed by atoms with van der Waals surface area (Å²) in [6.07, 6.45) is 4.34. The maximum Gasteiger partial charge on any atom is 0.251 e. The molecule has 0 aliphatic carbocycles. The second-order valence-corrected chi connectivity index (χ2v) is 7.74. The first-order chi connectivity index (χ1) is 14.0. The van der Waals surface area contributed by atoms with Crippen molar-refractivity contribution in [3.63, 3.8) is 0 Å². The van der Waals surface area contributed by atoms with Crippen LogP contribution in [-0.2, 0) is 11.2 Å². The smallest absolute Gasteiger partial charge is 0.251 e. The lowest BCUT2D eigenvalue weighted by atomic mass is 9.95. The fraction of sp³-hybridized carbons (Fsp3) is 0.318. The second-order valence-electron chi connectivity index (χ2n) is 7.30. The van der Waals surface area contributed by atoms with Gasteiger partial charge in [-0.25, -0.2) is 0 Å². The van der Waals surface area contributed by atoms with Gasteiger partial charge in [0.2, 0.25) is 5.91 Å². The molecule has 148 valence electrons. The third-order valence-corrected chi connectivity index (χ3v) is 5.93. The van der Waals surface area contributed by atoms with Crippen molar-refractivity contribution in [1.82, 2.24) is 10.2 Å². The van der Waals surface area contributed by atoms with Gasteiger partial charge >= 0.3 is 0 Å². The van der Waals surface area contributed by atoms with E-state index in [9.17, 15) is 14.9 Å². The molecule has 6 nitrogen and oxygen atoms in total. The van der Waals surface area contributed by atoms with E-state index < -0.39 is 6.04 Å². The fourth-order valence-corrected chi connectivity index (χ4v) is 4.34. The minimum atomic E-state index is -0.423. The highest BCUT2D eigenvalue weighted by molar-refractivity contribution is 6.30. The van der Waals surface area contributed by atoms with Crippen LogP contribution in [-0.4, -0.2) is 42.9 Å². The monoisotopic (exact) mass is 408 g/mol. The summed E-state index contributed by atoms with van der Waals surface area (Å²) in [7, 11) is 1.59. The summed E-state index contributed by atoms with van der Waals surface area (Å²) >= 11 is 6.04. The SMILES string of the molecule is CNC(=O)c1cc(-c2ccc(Cl)cc2)c2c(c1)N(C(=O)[C@@H]1CCCN1C#N)CC2. The molecular weight excluding hydrogens is 388 g/mol. The Morgan fingerprint density at radius 1 is 1.21 bits per heavy atom. The Hall–Kier alpha value is -3.04. The quantitative estimate of drug-likeness (QED) is 0.791. The molecule has 2 aromatic rings. The topological polar surface area (TPSA) is 76.4 Å². The molecule has 0 aromatic heterocycles. The highest BCUT2D eigenvalue weighted by atomic mass is 35.5. The third kappa shape index (κ3) is 3.43. The first kappa shape index (κ1) is 19.3. The molecule has 0 saturated carbocycles. The van der Waals surface area contributed by atoms with Crippen LogP contribution in [0.2, 0.25) is 5.02 Å². The number of benzene rings is 2. The van der Waals surface area contributed by atoms with Gasteiger partial charge in [-0.2, -0.15) is 5.26 Å². The molecule has 29 heavy (non-hydrogen) atoms. The number of anilines is 1. The number of carbonyl (C=O) groups excluding carboxylic acids is 2. The predicted octanol–water partition coefficient (Wildman–Crippen LogP) is 3.20. The van der Waals surface area contributed by atoms with Crippen LogP contribution >= 0.6 is 11.6 Å². The summed E-state index contributed by atoms with van der Waals surface area (Å²) < 4.78 is 0. The number of hydrogen-bond acceptors (Lipinski definition) is 4. The number of nitriles is 1. The Balaban J connectivity index is 1.79. The number of carbonyl (C=O) groups is 2. The van der Waals surface area contributed by atoms with Gasteiger partial charge in [0.15, 0.2) is 6.19 Å². The molecule has 1 fully saturated rings. The Morgan fingerprint density at radius 2 is 1.97 bits per heavy atom. The van der Waals surface area contributed by atoms with E-state index in [1.165, 1.54) is 0 Å². The molecule has 2 aliphatic heterocycles. The van der Waals surface area contributed by atoms with Crippen LogP contribution in [0, 0.1) is 11.5 Å². The fourth-order valence-electron chi connectivity index (χ4n) is 4.22. The predicted molar refractivity (Wildman–Crippen MR) is 112 cm³/mol. The zero-order chi connectivity index (χ0) is 20.5. The van der Waals surface area contributed by atoms with Crippen LogP contribution in [0.3, 0.4) is 0 Å². The summed E-state index contributed by atoms with van der Waals surface area (Å²) in [5, 5.41) is 12.6. The summed E-state index contributed by atoms with van der Waals surface area (Å²) in [6, 6.07) is 10.7. The van der Waals surface area contributed by atoms with E-state index in [-0.39, 0.29) is 11.8 Å². The standard InChI is InChI=1S/C22H21ClN4O2/c1-25-21(28)15-11-18(14-4-6-16(23)7-5-14)17-8-10-27(20(17)12-15)22(29)19-3-2-9-26(19)13-24/h4-7,11-12,19H,2-3,8-10H2,1H3,(H,25,28)/t19-/m0/s1. The van der Waals surface area contributed by atoms with Gasteiger partial charge in [0, 0.05) is 36.4 Å². The van der Waals surface area contributed by atoms with Gasteiger partial charge in [-0.3, -0.25) is 14.5 Å². The number of hydrogen-bond donors (Lipinski definition) is 1. The Kier molecular flexibility index (Phi) is 5.16. The lowest BCUT2D eigenvalue weighted by Gasteiger charge is -2.25. The van der Waals surface area contributed by atoms with E-state index in [1.54, 1.807) is 22.9 Å². The van der Waals surface area contributed by atoms with E-state index >= 15 is 0 Å². The molecule has 0 radical (unpaired) electrons. The van der Waals surface area contributed by atoms with Crippen molar-refractivity contribution in [2.75, 3.05) is 25.0 Å². The first-order valence-corrected chi connectivity index (χ1v) is 10.0. The number of rotatable bonds is 3. The van der Waals surface area contributed by atoms with E-state index in [0.717, 1.165) is 28.8 Å². The first-order valence-electron chi connectivity index (χ1n) is 9.66. The minimum Gasteiger partial charge on any atom is -0.355 e. The molecule has 0 spiro atoms. The lowest BCUT2D eigenvalue weighted by molar-refractivity contribution is -0.121. The van der Waals surface area contributed by atoms with Crippen molar-refractivity contribution in [3.05, 3.63) is 52.5 Å². The van der Waals surface area contributed by atoms with Crippen molar-refractivity contribution in [2.24, 2.45) is 0 Å². The van der Waals surface area contributed by atoms with Crippen molar-refractivity contribution < 1.29 is 9.59 Å². The second kappa shape index (κ2) is 7.76. The van der Waals surface area contributed by atoms with Crippen molar-refractivity contribution in [3.8, 4) is 17.3 Å². The molecule has 7 heteroatoms. The highest BCUT2D eigenvalue weighted by Crippen LogP contribution is 2.39. The molecule has 2 aromatic carbocycles. The largest absolute Gasteiger partial charge is 0.355 e. The normalized spacial score (nSPS) is 17.8. The van der Waals surface area contributed by atoms with E-state index in [0.29, 0.717) is 36.5 Å². The molecule has 2 heterocycles. The van der Waals surface area contributed by atoms with Crippen LogP contribution < -0.4 is 10.2 Å². The molecule has 2 aliphatic rings. The van der Waals surface area contributed by atoms with Gasteiger partial charge in [-0.05, 0) is 60.2 Å². The highest BCUT2D eigenvalue weighted by Gasteiger charge is 2.37. The summed E-state index contributed by atoms with van der Waals surface area (Å²) in [6.45, 7) is 1.16. The molecular formula is C22H21ClN4O2. The Bertz CT molecular complexity index is 1010. The Labute approximate surface area is 174 Å². The van der Waals surface area contributed by atoms with Crippen LogP contribution in [0.4, 0.5) is 5.69 Å². The van der Waals surface area contributed by atoms with Gasteiger partial charge in [0.1, 0.15) is 6.04 Å². The molecule has 0 unspecified atom stereocenters. The van der Waals surface area contributed by atoms with Gasteiger partial charge < -0.3 is 10.2 Å². The van der Waals surface area contributed by atoms with Gasteiger partial charge in [-0.1, -0.05) is 23.7 Å². The third-order valence-electron chi connectivity index (χ3n) is 5.68. The number of nitrogens with one attached hydrogen (secondary N) is 1. The maximum atomic E-state index is 13.2. The van der Waals surface area contributed by atoms with Crippen molar-refractivity contribution in [2.45, 2.75) is 25.3 Å². The van der Waals surface area contributed by atoms with Crippen molar-refractivity contribution in [1.29, 1.82) is 5.26 Å². The average Bonchev–Trinajstić information content (AvgIpc) is 3.39. The molecule has 4 rings (SSSR count).